The van der Waals surface area contributed by atoms with Crippen molar-refractivity contribution in [3.05, 3.63) is 46.8 Å². The smallest absolute Gasteiger partial charge is 0.252 e. The van der Waals surface area contributed by atoms with Crippen molar-refractivity contribution >= 4 is 9.84 Å². The second kappa shape index (κ2) is 4.14. The number of aromatic nitrogens is 2. The van der Waals surface area contributed by atoms with E-state index in [1.165, 1.54) is 6.07 Å². The quantitative estimate of drug-likeness (QED) is 0.801. The zero-order valence-electron chi connectivity index (χ0n) is 9.04. The first-order chi connectivity index (χ1) is 7.97. The lowest BCUT2D eigenvalue weighted by Gasteiger charge is -2.02. The second-order valence-corrected chi connectivity index (χ2v) is 5.51. The number of hydrogen-bond acceptors (Lipinski definition) is 4. The number of aromatic amines is 1. The molecule has 0 spiro atoms. The molecule has 2 aromatic rings. The summed E-state index contributed by atoms with van der Waals surface area (Å²) in [5.74, 6) is 0. The lowest BCUT2D eigenvalue weighted by molar-refractivity contribution is 0.592. The van der Waals surface area contributed by atoms with E-state index >= 15 is 0 Å². The Kier molecular flexibility index (Phi) is 2.81. The maximum Gasteiger partial charge on any atom is 0.252 e. The van der Waals surface area contributed by atoms with Crippen molar-refractivity contribution in [1.82, 2.24) is 9.97 Å². The van der Waals surface area contributed by atoms with Gasteiger partial charge in [0.05, 0.1) is 5.69 Å². The summed E-state index contributed by atoms with van der Waals surface area (Å²) in [4.78, 5) is 17.5. The van der Waals surface area contributed by atoms with E-state index in [2.05, 4.69) is 9.97 Å². The third-order valence-electron chi connectivity index (χ3n) is 2.14. The molecule has 0 bridgehead atoms. The second-order valence-electron chi connectivity index (χ2n) is 3.57. The molecule has 0 radical (unpaired) electrons. The minimum atomic E-state index is -3.52. The number of H-pyrrole nitrogens is 1. The summed E-state index contributed by atoms with van der Waals surface area (Å²) < 4.78 is 22.7. The van der Waals surface area contributed by atoms with E-state index in [9.17, 15) is 13.2 Å². The van der Waals surface area contributed by atoms with Crippen molar-refractivity contribution in [2.75, 3.05) is 6.26 Å². The highest BCUT2D eigenvalue weighted by Gasteiger charge is 2.12. The van der Waals surface area contributed by atoms with Gasteiger partial charge in [0.15, 0.2) is 0 Å². The molecule has 0 saturated carbocycles. The zero-order chi connectivity index (χ0) is 12.5. The van der Waals surface area contributed by atoms with Gasteiger partial charge in [-0.15, -0.1) is 0 Å². The summed E-state index contributed by atoms with van der Waals surface area (Å²) in [6.07, 6.45) is 1.00. The number of sulfone groups is 1. The van der Waals surface area contributed by atoms with Gasteiger partial charge in [-0.3, -0.25) is 9.78 Å². The number of benzene rings is 1. The molecule has 0 unspecified atom stereocenters. The van der Waals surface area contributed by atoms with Crippen LogP contribution in [0.15, 0.2) is 46.3 Å². The molecule has 5 nitrogen and oxygen atoms in total. The van der Waals surface area contributed by atoms with Crippen molar-refractivity contribution in [1.29, 1.82) is 0 Å². The summed E-state index contributed by atoms with van der Waals surface area (Å²) in [5.41, 5.74) is 0.553. The molecule has 0 aliphatic rings. The van der Waals surface area contributed by atoms with E-state index in [-0.39, 0.29) is 5.16 Å². The minimum absolute atomic E-state index is 0.316. The standard InChI is InChI=1S/C11H10N2O3S/c1-17(15,16)11-12-9(7-10(14)13-11)8-5-3-2-4-6-8/h2-7H,1H3,(H,12,13,14). The van der Waals surface area contributed by atoms with E-state index in [4.69, 9.17) is 0 Å². The summed E-state index contributed by atoms with van der Waals surface area (Å²) in [6.45, 7) is 0. The summed E-state index contributed by atoms with van der Waals surface area (Å²) in [7, 11) is -3.52. The fourth-order valence-corrected chi connectivity index (χ4v) is 1.92. The molecular weight excluding hydrogens is 240 g/mol. The molecule has 0 amide bonds. The average molecular weight is 250 g/mol. The molecule has 17 heavy (non-hydrogen) atoms. The SMILES string of the molecule is CS(=O)(=O)c1nc(-c2ccccc2)cc(=O)[nH]1. The highest BCUT2D eigenvalue weighted by atomic mass is 32.2. The predicted octanol–water partition coefficient (Wildman–Crippen LogP) is 0.840. The van der Waals surface area contributed by atoms with Gasteiger partial charge in [0.1, 0.15) is 0 Å². The molecule has 0 fully saturated rings. The van der Waals surface area contributed by atoms with Crippen molar-refractivity contribution in [3.63, 3.8) is 0 Å². The van der Waals surface area contributed by atoms with Gasteiger partial charge < -0.3 is 0 Å². The molecular formula is C11H10N2O3S. The molecule has 6 heteroatoms. The Morgan fingerprint density at radius 1 is 1.18 bits per heavy atom. The monoisotopic (exact) mass is 250 g/mol. The van der Waals surface area contributed by atoms with Crippen molar-refractivity contribution in [2.24, 2.45) is 0 Å². The normalized spacial score (nSPS) is 11.4. The van der Waals surface area contributed by atoms with Crippen LogP contribution in [0.1, 0.15) is 0 Å². The third-order valence-corrected chi connectivity index (χ3v) is 3.04. The lowest BCUT2D eigenvalue weighted by atomic mass is 10.1. The Balaban J connectivity index is 2.66. The largest absolute Gasteiger partial charge is 0.297 e. The molecule has 1 aromatic heterocycles. The number of nitrogens with zero attached hydrogens (tertiary/aromatic N) is 1. The molecule has 1 N–H and O–H groups in total. The highest BCUT2D eigenvalue weighted by molar-refractivity contribution is 7.90. The van der Waals surface area contributed by atoms with E-state index in [0.29, 0.717) is 11.3 Å². The molecule has 0 atom stereocenters. The van der Waals surface area contributed by atoms with Crippen LogP contribution < -0.4 is 5.56 Å². The third kappa shape index (κ3) is 2.59. The molecule has 0 aliphatic heterocycles. The average Bonchev–Trinajstić information content (AvgIpc) is 2.28. The fraction of sp³-hybridized carbons (Fsp3) is 0.0909. The van der Waals surface area contributed by atoms with Crippen LogP contribution in [0.2, 0.25) is 0 Å². The van der Waals surface area contributed by atoms with Gasteiger partial charge in [0, 0.05) is 17.9 Å². The predicted molar refractivity (Wildman–Crippen MR) is 63.4 cm³/mol. The van der Waals surface area contributed by atoms with Gasteiger partial charge in [0.25, 0.3) is 5.56 Å². The number of rotatable bonds is 2. The molecule has 2 rings (SSSR count). The van der Waals surface area contributed by atoms with E-state index in [1.54, 1.807) is 24.3 Å². The minimum Gasteiger partial charge on any atom is -0.297 e. The van der Waals surface area contributed by atoms with E-state index < -0.39 is 15.4 Å². The lowest BCUT2D eigenvalue weighted by Crippen LogP contribution is -2.14. The molecule has 0 saturated heterocycles. The van der Waals surface area contributed by atoms with Crippen molar-refractivity contribution in [2.45, 2.75) is 5.16 Å². The van der Waals surface area contributed by atoms with Crippen LogP contribution in [0.25, 0.3) is 11.3 Å². The Morgan fingerprint density at radius 2 is 1.82 bits per heavy atom. The highest BCUT2D eigenvalue weighted by Crippen LogP contribution is 2.15. The Morgan fingerprint density at radius 3 is 2.41 bits per heavy atom. The van der Waals surface area contributed by atoms with Crippen LogP contribution in [0.4, 0.5) is 0 Å². The Hall–Kier alpha value is -1.95. The van der Waals surface area contributed by atoms with Gasteiger partial charge in [0.2, 0.25) is 15.0 Å². The first-order valence-electron chi connectivity index (χ1n) is 4.84. The summed E-state index contributed by atoms with van der Waals surface area (Å²) in [6, 6.07) is 10.2. The summed E-state index contributed by atoms with van der Waals surface area (Å²) >= 11 is 0. The van der Waals surface area contributed by atoms with Crippen molar-refractivity contribution in [3.8, 4) is 11.3 Å². The van der Waals surface area contributed by atoms with Crippen molar-refractivity contribution < 1.29 is 8.42 Å². The van der Waals surface area contributed by atoms with Crippen LogP contribution in [-0.4, -0.2) is 24.6 Å². The first-order valence-corrected chi connectivity index (χ1v) is 6.73. The zero-order valence-corrected chi connectivity index (χ0v) is 9.86. The molecule has 1 heterocycles. The van der Waals surface area contributed by atoms with Crippen LogP contribution in [-0.2, 0) is 9.84 Å². The van der Waals surface area contributed by atoms with Crippen LogP contribution >= 0.6 is 0 Å². The van der Waals surface area contributed by atoms with E-state index in [1.807, 2.05) is 6.07 Å². The van der Waals surface area contributed by atoms with E-state index in [0.717, 1.165) is 6.26 Å². The topological polar surface area (TPSA) is 79.9 Å². The van der Waals surface area contributed by atoms with Gasteiger partial charge in [-0.2, -0.15) is 0 Å². The number of hydrogen-bond donors (Lipinski definition) is 1. The Bertz CT molecular complexity index is 690. The van der Waals surface area contributed by atoms with Crippen LogP contribution in [0, 0.1) is 0 Å². The number of nitrogens with one attached hydrogen (secondary N) is 1. The molecule has 1 aromatic carbocycles. The fourth-order valence-electron chi connectivity index (χ4n) is 1.37. The van der Waals surface area contributed by atoms with Gasteiger partial charge >= 0.3 is 0 Å². The van der Waals surface area contributed by atoms with Crippen LogP contribution in [0.5, 0.6) is 0 Å². The first kappa shape index (κ1) is 11.5. The molecule has 0 aliphatic carbocycles. The van der Waals surface area contributed by atoms with Gasteiger partial charge in [-0.05, 0) is 0 Å². The maximum absolute atomic E-state index is 11.4. The summed E-state index contributed by atoms with van der Waals surface area (Å²) in [5, 5.41) is -0.316. The van der Waals surface area contributed by atoms with Gasteiger partial charge in [-0.25, -0.2) is 13.4 Å². The Labute approximate surface area is 98.1 Å². The van der Waals surface area contributed by atoms with Gasteiger partial charge in [-0.1, -0.05) is 30.3 Å². The molecule has 88 valence electrons. The maximum atomic E-state index is 11.4. The van der Waals surface area contributed by atoms with Crippen LogP contribution in [0.3, 0.4) is 0 Å².